The highest BCUT2D eigenvalue weighted by Gasteiger charge is 2.27. The van der Waals surface area contributed by atoms with Gasteiger partial charge in [0, 0.05) is 6.54 Å². The van der Waals surface area contributed by atoms with Crippen LogP contribution in [0.3, 0.4) is 0 Å². The summed E-state index contributed by atoms with van der Waals surface area (Å²) in [7, 11) is -3.94. The van der Waals surface area contributed by atoms with Crippen LogP contribution in [0.1, 0.15) is 12.5 Å². The molecule has 21 heavy (non-hydrogen) atoms. The van der Waals surface area contributed by atoms with Crippen LogP contribution in [-0.2, 0) is 15.6 Å². The summed E-state index contributed by atoms with van der Waals surface area (Å²) in [6.45, 7) is 1.28. The molecule has 1 heterocycles. The van der Waals surface area contributed by atoms with E-state index in [1.54, 1.807) is 16.8 Å². The first kappa shape index (κ1) is 16.4. The quantitative estimate of drug-likeness (QED) is 0.872. The van der Waals surface area contributed by atoms with Crippen LogP contribution in [0.2, 0.25) is 5.02 Å². The van der Waals surface area contributed by atoms with E-state index in [-0.39, 0.29) is 16.5 Å². The molecule has 0 saturated heterocycles. The van der Waals surface area contributed by atoms with Crippen molar-refractivity contribution < 1.29 is 17.9 Å². The first-order valence-corrected chi connectivity index (χ1v) is 8.72. The van der Waals surface area contributed by atoms with Crippen molar-refractivity contribution in [1.82, 2.24) is 4.72 Å². The molecular weight excluding hydrogens is 337 g/mol. The largest absolute Gasteiger partial charge is 0.384 e. The van der Waals surface area contributed by atoms with E-state index >= 15 is 0 Å². The Bertz CT molecular complexity index is 730. The topological polar surface area (TPSA) is 66.4 Å². The second-order valence-electron chi connectivity index (χ2n) is 4.69. The summed E-state index contributed by atoms with van der Waals surface area (Å²) >= 11 is 7.14. The Morgan fingerprint density at radius 2 is 2.14 bits per heavy atom. The zero-order valence-electron chi connectivity index (χ0n) is 11.0. The number of nitrogens with one attached hydrogen (secondary N) is 1. The molecule has 2 aromatic rings. The van der Waals surface area contributed by atoms with Crippen LogP contribution < -0.4 is 4.72 Å². The van der Waals surface area contributed by atoms with Gasteiger partial charge in [-0.3, -0.25) is 0 Å². The van der Waals surface area contributed by atoms with Gasteiger partial charge in [0.15, 0.2) is 0 Å². The monoisotopic (exact) mass is 349 g/mol. The Hall–Kier alpha value is -0.990. The van der Waals surface area contributed by atoms with Gasteiger partial charge in [0.05, 0.1) is 5.02 Å². The summed E-state index contributed by atoms with van der Waals surface area (Å²) in [5, 5.41) is 13.6. The first-order chi connectivity index (χ1) is 9.72. The number of sulfonamides is 1. The first-order valence-electron chi connectivity index (χ1n) is 5.92. The zero-order chi connectivity index (χ0) is 15.7. The number of hydrogen-bond acceptors (Lipinski definition) is 4. The Morgan fingerprint density at radius 3 is 2.71 bits per heavy atom. The number of hydrogen-bond donors (Lipinski definition) is 2. The van der Waals surface area contributed by atoms with Gasteiger partial charge >= 0.3 is 0 Å². The van der Waals surface area contributed by atoms with Crippen molar-refractivity contribution in [3.05, 3.63) is 51.4 Å². The Labute approximate surface area is 131 Å². The van der Waals surface area contributed by atoms with Gasteiger partial charge in [0.2, 0.25) is 10.0 Å². The summed E-state index contributed by atoms with van der Waals surface area (Å²) in [5.74, 6) is -0.621. The van der Waals surface area contributed by atoms with Crippen molar-refractivity contribution in [2.75, 3.05) is 6.54 Å². The van der Waals surface area contributed by atoms with Crippen LogP contribution in [0.4, 0.5) is 4.39 Å². The van der Waals surface area contributed by atoms with Crippen molar-refractivity contribution >= 4 is 33.0 Å². The average molecular weight is 350 g/mol. The van der Waals surface area contributed by atoms with E-state index in [1.807, 2.05) is 0 Å². The van der Waals surface area contributed by atoms with Gasteiger partial charge in [0.1, 0.15) is 16.3 Å². The summed E-state index contributed by atoms with van der Waals surface area (Å²) in [6, 6.07) is 4.73. The lowest BCUT2D eigenvalue weighted by Crippen LogP contribution is -2.38. The molecule has 8 heteroatoms. The molecule has 0 amide bonds. The van der Waals surface area contributed by atoms with Crippen LogP contribution in [0.15, 0.2) is 39.9 Å². The fourth-order valence-corrected chi connectivity index (χ4v) is 4.12. The van der Waals surface area contributed by atoms with Crippen molar-refractivity contribution in [3.8, 4) is 0 Å². The number of rotatable bonds is 5. The van der Waals surface area contributed by atoms with E-state index in [4.69, 9.17) is 11.6 Å². The van der Waals surface area contributed by atoms with Crippen molar-refractivity contribution in [2.24, 2.45) is 0 Å². The molecular formula is C13H13ClFNO3S2. The third kappa shape index (κ3) is 3.81. The van der Waals surface area contributed by atoms with Gasteiger partial charge < -0.3 is 5.11 Å². The third-order valence-electron chi connectivity index (χ3n) is 2.93. The average Bonchev–Trinajstić information content (AvgIpc) is 2.91. The highest BCUT2D eigenvalue weighted by Crippen LogP contribution is 2.25. The Kier molecular flexibility index (Phi) is 4.69. The molecule has 0 fully saturated rings. The molecule has 0 unspecified atom stereocenters. The van der Waals surface area contributed by atoms with E-state index in [0.29, 0.717) is 5.56 Å². The Morgan fingerprint density at radius 1 is 1.43 bits per heavy atom. The molecule has 4 nitrogen and oxygen atoms in total. The smallest absolute Gasteiger partial charge is 0.242 e. The van der Waals surface area contributed by atoms with E-state index in [2.05, 4.69) is 4.72 Å². The third-order valence-corrected chi connectivity index (χ3v) is 5.50. The SMILES string of the molecule is C[C@@](O)(CNS(=O)(=O)c1ccc(F)cc1Cl)c1ccsc1. The molecule has 1 atom stereocenters. The standard InChI is InChI=1S/C13H13ClFNO3S2/c1-13(17,9-4-5-20-7-9)8-16-21(18,19)12-3-2-10(15)6-11(12)14/h2-7,16-17H,8H2,1H3/t13-/m1/s1. The molecule has 0 saturated carbocycles. The minimum atomic E-state index is -3.94. The molecule has 0 aliphatic carbocycles. The fraction of sp³-hybridized carbons (Fsp3) is 0.231. The molecule has 114 valence electrons. The van der Waals surface area contributed by atoms with Gasteiger partial charge in [-0.25, -0.2) is 17.5 Å². The number of aliphatic hydroxyl groups is 1. The summed E-state index contributed by atoms with van der Waals surface area (Å²) in [4.78, 5) is -0.230. The van der Waals surface area contributed by atoms with Gasteiger partial charge in [-0.15, -0.1) is 0 Å². The second-order valence-corrected chi connectivity index (χ2v) is 7.61. The summed E-state index contributed by atoms with van der Waals surface area (Å²) in [6.07, 6.45) is 0. The summed E-state index contributed by atoms with van der Waals surface area (Å²) in [5.41, 5.74) is -0.736. The number of halogens is 2. The molecule has 2 rings (SSSR count). The van der Waals surface area contributed by atoms with E-state index in [1.165, 1.54) is 18.3 Å². The van der Waals surface area contributed by atoms with Crippen LogP contribution >= 0.6 is 22.9 Å². The maximum Gasteiger partial charge on any atom is 0.242 e. The Balaban J connectivity index is 2.19. The van der Waals surface area contributed by atoms with Gasteiger partial charge in [0.25, 0.3) is 0 Å². The predicted octanol–water partition coefficient (Wildman–Crippen LogP) is 2.73. The molecule has 2 N–H and O–H groups in total. The minimum Gasteiger partial charge on any atom is -0.384 e. The lowest BCUT2D eigenvalue weighted by atomic mass is 10.0. The van der Waals surface area contributed by atoms with E-state index in [0.717, 1.165) is 18.2 Å². The van der Waals surface area contributed by atoms with Crippen LogP contribution in [-0.4, -0.2) is 20.1 Å². The normalized spacial score (nSPS) is 14.9. The van der Waals surface area contributed by atoms with Crippen molar-refractivity contribution in [2.45, 2.75) is 17.4 Å². The van der Waals surface area contributed by atoms with Crippen molar-refractivity contribution in [3.63, 3.8) is 0 Å². The van der Waals surface area contributed by atoms with Gasteiger partial charge in [-0.05, 0) is 47.5 Å². The lowest BCUT2D eigenvalue weighted by Gasteiger charge is -2.22. The van der Waals surface area contributed by atoms with Crippen LogP contribution in [0.25, 0.3) is 0 Å². The maximum atomic E-state index is 13.0. The fourth-order valence-electron chi connectivity index (χ4n) is 1.68. The number of benzene rings is 1. The zero-order valence-corrected chi connectivity index (χ0v) is 13.4. The predicted molar refractivity (Wildman–Crippen MR) is 80.5 cm³/mol. The molecule has 0 spiro atoms. The van der Waals surface area contributed by atoms with Gasteiger partial charge in [-0.1, -0.05) is 11.6 Å². The maximum absolute atomic E-state index is 13.0. The minimum absolute atomic E-state index is 0.210. The van der Waals surface area contributed by atoms with Crippen LogP contribution in [0.5, 0.6) is 0 Å². The molecule has 0 radical (unpaired) electrons. The van der Waals surface area contributed by atoms with Gasteiger partial charge in [-0.2, -0.15) is 11.3 Å². The highest BCUT2D eigenvalue weighted by molar-refractivity contribution is 7.89. The lowest BCUT2D eigenvalue weighted by molar-refractivity contribution is 0.0632. The van der Waals surface area contributed by atoms with E-state index in [9.17, 15) is 17.9 Å². The van der Waals surface area contributed by atoms with Crippen LogP contribution in [0, 0.1) is 5.82 Å². The number of thiophene rings is 1. The molecule has 0 aliphatic rings. The molecule has 1 aromatic heterocycles. The molecule has 0 aliphatic heterocycles. The molecule has 0 bridgehead atoms. The van der Waals surface area contributed by atoms with Crippen molar-refractivity contribution in [1.29, 1.82) is 0 Å². The molecule has 1 aromatic carbocycles. The summed E-state index contributed by atoms with van der Waals surface area (Å²) < 4.78 is 39.6. The second kappa shape index (κ2) is 6.02. The van der Waals surface area contributed by atoms with E-state index < -0.39 is 21.4 Å². The highest BCUT2D eigenvalue weighted by atomic mass is 35.5.